The van der Waals surface area contributed by atoms with Gasteiger partial charge in [-0.2, -0.15) is 0 Å². The van der Waals surface area contributed by atoms with Gasteiger partial charge in [0.15, 0.2) is 0 Å². The Morgan fingerprint density at radius 1 is 1.11 bits per heavy atom. The minimum atomic E-state index is -0.148. The highest BCUT2D eigenvalue weighted by molar-refractivity contribution is 5.85. The molecule has 1 unspecified atom stereocenters. The normalized spacial score (nSPS) is 21.8. The summed E-state index contributed by atoms with van der Waals surface area (Å²) in [6, 6.07) is 16.4. The molecule has 2 aromatic rings. The second-order valence-electron chi connectivity index (χ2n) is 7.70. The van der Waals surface area contributed by atoms with Gasteiger partial charge in [0.1, 0.15) is 5.75 Å². The van der Waals surface area contributed by atoms with Crippen LogP contribution in [0, 0.1) is 11.8 Å². The van der Waals surface area contributed by atoms with Crippen LogP contribution in [0.25, 0.3) is 0 Å². The molecule has 1 aliphatic heterocycles. The molecule has 2 aromatic carbocycles. The monoisotopic (exact) mass is 400 g/mol. The van der Waals surface area contributed by atoms with Crippen molar-refractivity contribution in [2.45, 2.75) is 38.1 Å². The van der Waals surface area contributed by atoms with E-state index in [1.54, 1.807) is 0 Å². The first-order chi connectivity index (χ1) is 13.3. The highest BCUT2D eigenvalue weighted by Crippen LogP contribution is 2.34. The third-order valence-corrected chi connectivity index (χ3v) is 5.98. The van der Waals surface area contributed by atoms with E-state index < -0.39 is 0 Å². The van der Waals surface area contributed by atoms with E-state index in [2.05, 4.69) is 29.6 Å². The van der Waals surface area contributed by atoms with Crippen LogP contribution in [0.3, 0.4) is 0 Å². The fourth-order valence-electron chi connectivity index (χ4n) is 4.48. The molecule has 5 heteroatoms. The number of carbonyl (C=O) groups is 1. The topological polar surface area (TPSA) is 64.4 Å². The van der Waals surface area contributed by atoms with Crippen molar-refractivity contribution in [3.05, 3.63) is 65.2 Å². The van der Waals surface area contributed by atoms with E-state index in [0.717, 1.165) is 55.6 Å². The first-order valence-electron chi connectivity index (χ1n) is 10.1. The van der Waals surface area contributed by atoms with Crippen LogP contribution in [-0.2, 0) is 11.2 Å². The van der Waals surface area contributed by atoms with Crippen molar-refractivity contribution < 1.29 is 9.53 Å². The minimum Gasteiger partial charge on any atom is -0.493 e. The summed E-state index contributed by atoms with van der Waals surface area (Å²) in [5.74, 6) is 1.44. The highest BCUT2D eigenvalue weighted by Gasteiger charge is 2.33. The Bertz CT molecular complexity index is 796. The fraction of sp³-hybridized carbons (Fsp3) is 0.435. The largest absolute Gasteiger partial charge is 0.493 e. The summed E-state index contributed by atoms with van der Waals surface area (Å²) in [6.07, 6.45) is 5.15. The predicted molar refractivity (Wildman–Crippen MR) is 114 cm³/mol. The summed E-state index contributed by atoms with van der Waals surface area (Å²) < 4.78 is 5.75. The van der Waals surface area contributed by atoms with Gasteiger partial charge < -0.3 is 15.8 Å². The number of nitrogens with one attached hydrogen (secondary N) is 1. The average Bonchev–Trinajstić information content (AvgIpc) is 3.21. The predicted octanol–water partition coefficient (Wildman–Crippen LogP) is 4.01. The van der Waals surface area contributed by atoms with E-state index in [4.69, 9.17) is 10.5 Å². The maximum absolute atomic E-state index is 13.1. The minimum absolute atomic E-state index is 0. The molecule has 0 radical (unpaired) electrons. The zero-order valence-electron chi connectivity index (χ0n) is 16.1. The third-order valence-electron chi connectivity index (χ3n) is 5.98. The molecule has 1 heterocycles. The molecular formula is C23H29ClN2O2. The number of amides is 1. The molecule has 0 aromatic heterocycles. The van der Waals surface area contributed by atoms with Crippen molar-refractivity contribution in [2.24, 2.45) is 17.6 Å². The molecule has 1 amide bonds. The molecule has 150 valence electrons. The molecule has 4 nitrogen and oxygen atoms in total. The van der Waals surface area contributed by atoms with Gasteiger partial charge in [-0.25, -0.2) is 0 Å². The van der Waals surface area contributed by atoms with Crippen LogP contribution in [0.4, 0.5) is 0 Å². The maximum atomic E-state index is 13.1. The van der Waals surface area contributed by atoms with Gasteiger partial charge in [-0.1, -0.05) is 42.8 Å². The number of benzene rings is 2. The van der Waals surface area contributed by atoms with Gasteiger partial charge in [0, 0.05) is 5.92 Å². The molecular weight excluding hydrogens is 372 g/mol. The molecule has 1 saturated carbocycles. The Morgan fingerprint density at radius 3 is 2.71 bits per heavy atom. The number of ether oxygens (including phenoxy) is 1. The fourth-order valence-corrected chi connectivity index (χ4v) is 4.48. The van der Waals surface area contributed by atoms with Crippen LogP contribution in [0.1, 0.15) is 48.4 Å². The van der Waals surface area contributed by atoms with Gasteiger partial charge in [-0.15, -0.1) is 12.4 Å². The molecule has 4 rings (SSSR count). The molecule has 28 heavy (non-hydrogen) atoms. The van der Waals surface area contributed by atoms with Crippen LogP contribution in [-0.4, -0.2) is 19.1 Å². The standard InChI is InChI=1S/C23H28N2O2.ClH/c24-15-19-8-4-10-20(19)23(26)25-22(16-6-2-1-3-7-16)18-11-12-21-17(14-18)9-5-13-27-21;/h1-3,6-7,11-12,14,19-20,22H,4-5,8-10,13,15,24H2,(H,25,26);1H/t19-,20-,22?;/m1./s1. The second-order valence-corrected chi connectivity index (χ2v) is 7.70. The van der Waals surface area contributed by atoms with Crippen LogP contribution in [0.5, 0.6) is 5.75 Å². The van der Waals surface area contributed by atoms with Gasteiger partial charge in [0.25, 0.3) is 0 Å². The maximum Gasteiger partial charge on any atom is 0.224 e. The molecule has 1 aliphatic carbocycles. The Morgan fingerprint density at radius 2 is 1.93 bits per heavy atom. The lowest BCUT2D eigenvalue weighted by Crippen LogP contribution is -2.37. The zero-order valence-corrected chi connectivity index (χ0v) is 16.9. The number of fused-ring (bicyclic) bond motifs is 1. The molecule has 1 fully saturated rings. The molecule has 0 spiro atoms. The summed E-state index contributed by atoms with van der Waals surface area (Å²) in [7, 11) is 0. The van der Waals surface area contributed by atoms with Crippen LogP contribution in [0.15, 0.2) is 48.5 Å². The molecule has 3 atom stereocenters. The molecule has 3 N–H and O–H groups in total. The summed E-state index contributed by atoms with van der Waals surface area (Å²) in [6.45, 7) is 1.37. The third kappa shape index (κ3) is 4.34. The first kappa shape index (κ1) is 20.7. The molecule has 2 aliphatic rings. The van der Waals surface area contributed by atoms with Crippen molar-refractivity contribution in [1.82, 2.24) is 5.32 Å². The van der Waals surface area contributed by atoms with Crippen molar-refractivity contribution >= 4 is 18.3 Å². The Balaban J connectivity index is 0.00000225. The number of hydrogen-bond donors (Lipinski definition) is 2. The highest BCUT2D eigenvalue weighted by atomic mass is 35.5. The second kappa shape index (κ2) is 9.44. The van der Waals surface area contributed by atoms with Crippen molar-refractivity contribution in [1.29, 1.82) is 0 Å². The van der Waals surface area contributed by atoms with Crippen LogP contribution in [0.2, 0.25) is 0 Å². The van der Waals surface area contributed by atoms with Gasteiger partial charge in [-0.05, 0) is 67.0 Å². The van der Waals surface area contributed by atoms with Gasteiger partial charge in [0.05, 0.1) is 12.6 Å². The summed E-state index contributed by atoms with van der Waals surface area (Å²) in [5.41, 5.74) is 9.34. The number of rotatable bonds is 5. The average molecular weight is 401 g/mol. The summed E-state index contributed by atoms with van der Waals surface area (Å²) >= 11 is 0. The molecule has 0 bridgehead atoms. The SMILES string of the molecule is Cl.NC[C@H]1CCC[C@H]1C(=O)NC(c1ccccc1)c1ccc2c(c1)CCCO2. The molecule has 0 saturated heterocycles. The number of aryl methyl sites for hydroxylation is 1. The lowest BCUT2D eigenvalue weighted by molar-refractivity contribution is -0.126. The van der Waals surface area contributed by atoms with E-state index in [0.29, 0.717) is 12.5 Å². The Kier molecular flexibility index (Phi) is 6.97. The smallest absolute Gasteiger partial charge is 0.224 e. The van der Waals surface area contributed by atoms with E-state index >= 15 is 0 Å². The lowest BCUT2D eigenvalue weighted by atomic mass is 9.92. The number of nitrogens with two attached hydrogens (primary N) is 1. The lowest BCUT2D eigenvalue weighted by Gasteiger charge is -2.26. The summed E-state index contributed by atoms with van der Waals surface area (Å²) in [5, 5.41) is 3.33. The Labute approximate surface area is 173 Å². The van der Waals surface area contributed by atoms with Crippen LogP contribution < -0.4 is 15.8 Å². The van der Waals surface area contributed by atoms with Crippen molar-refractivity contribution in [2.75, 3.05) is 13.2 Å². The first-order valence-corrected chi connectivity index (χ1v) is 10.1. The number of carbonyl (C=O) groups excluding carboxylic acids is 1. The quantitative estimate of drug-likeness (QED) is 0.796. The van der Waals surface area contributed by atoms with E-state index in [9.17, 15) is 4.79 Å². The van der Waals surface area contributed by atoms with E-state index in [1.807, 2.05) is 24.3 Å². The zero-order chi connectivity index (χ0) is 18.6. The van der Waals surface area contributed by atoms with Crippen LogP contribution >= 0.6 is 12.4 Å². The van der Waals surface area contributed by atoms with Gasteiger partial charge in [0.2, 0.25) is 5.91 Å². The summed E-state index contributed by atoms with van der Waals surface area (Å²) in [4.78, 5) is 13.1. The van der Waals surface area contributed by atoms with Crippen molar-refractivity contribution in [3.8, 4) is 5.75 Å². The van der Waals surface area contributed by atoms with Gasteiger partial charge in [-0.3, -0.25) is 4.79 Å². The van der Waals surface area contributed by atoms with Gasteiger partial charge >= 0.3 is 0 Å². The number of hydrogen-bond acceptors (Lipinski definition) is 3. The number of halogens is 1. The van der Waals surface area contributed by atoms with E-state index in [-0.39, 0.29) is 30.3 Å². The van der Waals surface area contributed by atoms with E-state index in [1.165, 1.54) is 5.56 Å². The Hall–Kier alpha value is -2.04. The van der Waals surface area contributed by atoms with Crippen molar-refractivity contribution in [3.63, 3.8) is 0 Å².